The van der Waals surface area contributed by atoms with E-state index in [4.69, 9.17) is 14.0 Å². The fourth-order valence-corrected chi connectivity index (χ4v) is 3.16. The molecule has 0 bridgehead atoms. The normalized spacial score (nSPS) is 32.9. The molecule has 0 spiro atoms. The molecule has 8 nitrogen and oxygen atoms in total. The van der Waals surface area contributed by atoms with Crippen molar-refractivity contribution in [3.63, 3.8) is 0 Å². The molecule has 22 heavy (non-hydrogen) atoms. The topological polar surface area (TPSA) is 134 Å². The molecule has 1 heterocycles. The second-order valence-electron chi connectivity index (χ2n) is 5.06. The smallest absolute Gasteiger partial charge is 0.297 e. The second kappa shape index (κ2) is 6.59. The van der Waals surface area contributed by atoms with Crippen LogP contribution in [0.4, 0.5) is 0 Å². The van der Waals surface area contributed by atoms with Gasteiger partial charge in [0.15, 0.2) is 12.4 Å². The van der Waals surface area contributed by atoms with E-state index in [2.05, 4.69) is 0 Å². The summed E-state index contributed by atoms with van der Waals surface area (Å²) in [5, 5.41) is 38.3. The Balaban J connectivity index is 2.20. The first-order valence-corrected chi connectivity index (χ1v) is 7.97. The number of ether oxygens (including phenoxy) is 1. The maximum Gasteiger partial charge on any atom is 0.297 e. The predicted octanol–water partition coefficient (Wildman–Crippen LogP) is -1.50. The predicted molar refractivity (Wildman–Crippen MR) is 73.2 cm³/mol. The number of aryl methyl sites for hydroxylation is 1. The zero-order valence-corrected chi connectivity index (χ0v) is 12.5. The van der Waals surface area contributed by atoms with Crippen molar-refractivity contribution in [2.24, 2.45) is 0 Å². The third-order valence-electron chi connectivity index (χ3n) is 3.39. The molecule has 1 saturated heterocycles. The molecule has 0 radical (unpaired) electrons. The molecule has 0 aliphatic carbocycles. The summed E-state index contributed by atoms with van der Waals surface area (Å²) in [6.07, 6.45) is -8.07. The highest BCUT2D eigenvalue weighted by Crippen LogP contribution is 2.25. The van der Waals surface area contributed by atoms with Crippen LogP contribution < -0.4 is 0 Å². The van der Waals surface area contributed by atoms with Gasteiger partial charge in [-0.2, -0.15) is 8.42 Å². The molecule has 0 saturated carbocycles. The van der Waals surface area contributed by atoms with Gasteiger partial charge >= 0.3 is 0 Å². The Morgan fingerprint density at radius 1 is 1.14 bits per heavy atom. The summed E-state index contributed by atoms with van der Waals surface area (Å²) >= 11 is 0. The molecule has 1 aliphatic rings. The van der Waals surface area contributed by atoms with Gasteiger partial charge in [-0.1, -0.05) is 17.7 Å². The number of hydrogen-bond acceptors (Lipinski definition) is 8. The summed E-state index contributed by atoms with van der Waals surface area (Å²) in [4.78, 5) is -0.156. The molecular formula is C13H18O8S. The standard InChI is InChI=1S/C13H18O8S/c1-7-2-4-8(5-3-7)22(18,19)21-12-11(16)10(15)9(6-14)20-13(12)17/h2-5,9-17H,6H2,1H3/t9-,10+,11+,12+,13-/m0/s1. The summed E-state index contributed by atoms with van der Waals surface area (Å²) in [7, 11) is -4.26. The molecule has 124 valence electrons. The quantitative estimate of drug-likeness (QED) is 0.489. The Morgan fingerprint density at radius 2 is 1.73 bits per heavy atom. The van der Waals surface area contributed by atoms with Gasteiger partial charge in [0.25, 0.3) is 10.1 Å². The highest BCUT2D eigenvalue weighted by atomic mass is 32.2. The number of aliphatic hydroxyl groups excluding tert-OH is 4. The van der Waals surface area contributed by atoms with Gasteiger partial charge in [0.05, 0.1) is 11.5 Å². The average molecular weight is 334 g/mol. The summed E-state index contributed by atoms with van der Waals surface area (Å²) in [6.45, 7) is 1.14. The van der Waals surface area contributed by atoms with Crippen LogP contribution in [0.1, 0.15) is 5.56 Å². The fraction of sp³-hybridized carbons (Fsp3) is 0.538. The van der Waals surface area contributed by atoms with Crippen LogP contribution >= 0.6 is 0 Å². The Labute approximate surface area is 127 Å². The van der Waals surface area contributed by atoms with E-state index in [1.54, 1.807) is 19.1 Å². The van der Waals surface area contributed by atoms with Crippen molar-refractivity contribution in [2.75, 3.05) is 6.61 Å². The van der Waals surface area contributed by atoms with Crippen LogP contribution in [0.15, 0.2) is 29.2 Å². The minimum Gasteiger partial charge on any atom is -0.394 e. The van der Waals surface area contributed by atoms with Gasteiger partial charge in [-0.15, -0.1) is 0 Å². The van der Waals surface area contributed by atoms with Gasteiger partial charge in [0.1, 0.15) is 18.3 Å². The van der Waals surface area contributed by atoms with E-state index >= 15 is 0 Å². The lowest BCUT2D eigenvalue weighted by molar-refractivity contribution is -0.279. The summed E-state index contributed by atoms with van der Waals surface area (Å²) in [5.41, 5.74) is 0.848. The largest absolute Gasteiger partial charge is 0.394 e. The summed E-state index contributed by atoms with van der Waals surface area (Å²) < 4.78 is 33.9. The highest BCUT2D eigenvalue weighted by molar-refractivity contribution is 7.86. The van der Waals surface area contributed by atoms with Crippen molar-refractivity contribution < 1.29 is 37.8 Å². The molecule has 1 aromatic carbocycles. The van der Waals surface area contributed by atoms with Crippen LogP contribution in [0.2, 0.25) is 0 Å². The first-order valence-electron chi connectivity index (χ1n) is 6.57. The molecule has 1 aromatic rings. The van der Waals surface area contributed by atoms with Gasteiger partial charge in [0, 0.05) is 0 Å². The zero-order valence-electron chi connectivity index (χ0n) is 11.7. The third kappa shape index (κ3) is 3.46. The average Bonchev–Trinajstić information content (AvgIpc) is 2.48. The van der Waals surface area contributed by atoms with Gasteiger partial charge in [-0.3, -0.25) is 4.18 Å². The van der Waals surface area contributed by atoms with Crippen LogP contribution in [0.25, 0.3) is 0 Å². The fourth-order valence-electron chi connectivity index (χ4n) is 2.08. The maximum absolute atomic E-state index is 12.1. The van der Waals surface area contributed by atoms with Gasteiger partial charge in [-0.05, 0) is 19.1 Å². The molecule has 9 heteroatoms. The lowest BCUT2D eigenvalue weighted by Crippen LogP contribution is -2.59. The SMILES string of the molecule is Cc1ccc(S(=O)(=O)O[C@@H]2[C@H](O)[C@H](O)[C@H](CO)O[C@@H]2O)cc1. The van der Waals surface area contributed by atoms with E-state index in [0.717, 1.165) is 5.56 Å². The molecule has 2 rings (SSSR count). The summed E-state index contributed by atoms with van der Waals surface area (Å²) in [6, 6.07) is 5.77. The molecular weight excluding hydrogens is 316 g/mol. The second-order valence-corrected chi connectivity index (χ2v) is 6.63. The number of hydrogen-bond donors (Lipinski definition) is 4. The molecule has 0 amide bonds. The van der Waals surface area contributed by atoms with Gasteiger partial charge in [0.2, 0.25) is 0 Å². The van der Waals surface area contributed by atoms with Crippen LogP contribution in [0.5, 0.6) is 0 Å². The molecule has 0 unspecified atom stereocenters. The first-order chi connectivity index (χ1) is 10.3. The minimum atomic E-state index is -4.26. The van der Waals surface area contributed by atoms with Crippen molar-refractivity contribution in [2.45, 2.75) is 42.5 Å². The van der Waals surface area contributed by atoms with Crippen LogP contribution in [-0.2, 0) is 19.0 Å². The zero-order chi connectivity index (χ0) is 16.5. The van der Waals surface area contributed by atoms with Crippen molar-refractivity contribution in [3.05, 3.63) is 29.8 Å². The highest BCUT2D eigenvalue weighted by Gasteiger charge is 2.46. The van der Waals surface area contributed by atoms with E-state index in [-0.39, 0.29) is 4.90 Å². The number of benzene rings is 1. The van der Waals surface area contributed by atoms with E-state index in [1.165, 1.54) is 12.1 Å². The number of aliphatic hydroxyl groups is 4. The maximum atomic E-state index is 12.1. The van der Waals surface area contributed by atoms with Crippen molar-refractivity contribution in [1.29, 1.82) is 0 Å². The monoisotopic (exact) mass is 334 g/mol. The van der Waals surface area contributed by atoms with Crippen molar-refractivity contribution in [1.82, 2.24) is 0 Å². The van der Waals surface area contributed by atoms with Crippen LogP contribution in [0.3, 0.4) is 0 Å². The number of rotatable bonds is 4. The summed E-state index contributed by atoms with van der Waals surface area (Å²) in [5.74, 6) is 0. The molecule has 4 N–H and O–H groups in total. The van der Waals surface area contributed by atoms with Crippen LogP contribution in [-0.4, -0.2) is 66.2 Å². The lowest BCUT2D eigenvalue weighted by Gasteiger charge is -2.39. The van der Waals surface area contributed by atoms with E-state index in [1.807, 2.05) is 0 Å². The molecule has 0 aromatic heterocycles. The Kier molecular flexibility index (Phi) is 5.17. The molecule has 1 aliphatic heterocycles. The van der Waals surface area contributed by atoms with Gasteiger partial charge < -0.3 is 25.2 Å². The van der Waals surface area contributed by atoms with E-state index in [0.29, 0.717) is 0 Å². The van der Waals surface area contributed by atoms with Crippen molar-refractivity contribution >= 4 is 10.1 Å². The van der Waals surface area contributed by atoms with Crippen LogP contribution in [0, 0.1) is 6.92 Å². The third-order valence-corrected chi connectivity index (χ3v) is 4.72. The van der Waals surface area contributed by atoms with Crippen molar-refractivity contribution in [3.8, 4) is 0 Å². The first kappa shape index (κ1) is 17.3. The molecule has 1 fully saturated rings. The Morgan fingerprint density at radius 3 is 2.27 bits per heavy atom. The Bertz CT molecular complexity index is 599. The molecule has 5 atom stereocenters. The van der Waals surface area contributed by atoms with E-state index < -0.39 is 47.4 Å². The minimum absolute atomic E-state index is 0.156. The van der Waals surface area contributed by atoms with Gasteiger partial charge in [-0.25, -0.2) is 0 Å². The lowest BCUT2D eigenvalue weighted by atomic mass is 9.99. The van der Waals surface area contributed by atoms with E-state index in [9.17, 15) is 23.7 Å². The Hall–Kier alpha value is -1.07.